The monoisotopic (exact) mass is 560 g/mol. The smallest absolute Gasteiger partial charge is 0.334 e. The Balaban J connectivity index is 1.97. The summed E-state index contributed by atoms with van der Waals surface area (Å²) in [5.74, 6) is -2.42. The normalized spacial score (nSPS) is 12.5. The predicted octanol–water partition coefficient (Wildman–Crippen LogP) is 8.09. The summed E-state index contributed by atoms with van der Waals surface area (Å²) in [5.41, 5.74) is -1.91. The van der Waals surface area contributed by atoms with Crippen molar-refractivity contribution in [3.8, 4) is 0 Å². The molecule has 0 aliphatic rings. The van der Waals surface area contributed by atoms with Crippen molar-refractivity contribution in [2.75, 3.05) is 6.54 Å². The van der Waals surface area contributed by atoms with Crippen LogP contribution in [-0.2, 0) is 30.7 Å². The number of alkyl halides is 6. The van der Waals surface area contributed by atoms with E-state index in [0.29, 0.717) is 17.7 Å². The number of hydrogen-bond donors (Lipinski definition) is 0. The fraction of sp³-hybridized carbons (Fsp3) is 0.333. The summed E-state index contributed by atoms with van der Waals surface area (Å²) in [5, 5.41) is -0.878. The average Bonchev–Trinajstić information content (AvgIpc) is 2.81. The zero-order chi connectivity index (χ0) is 28.5. The van der Waals surface area contributed by atoms with Crippen molar-refractivity contribution >= 4 is 17.5 Å². The van der Waals surface area contributed by atoms with Crippen LogP contribution in [0.2, 0.25) is 5.02 Å². The van der Waals surface area contributed by atoms with Gasteiger partial charge in [-0.15, -0.1) is 0 Å². The van der Waals surface area contributed by atoms with Crippen LogP contribution in [0.15, 0.2) is 54.6 Å². The van der Waals surface area contributed by atoms with E-state index in [0.717, 1.165) is 22.6 Å². The third kappa shape index (κ3) is 7.24. The van der Waals surface area contributed by atoms with E-state index in [9.17, 15) is 35.5 Å². The molecule has 2 aromatic carbocycles. The zero-order valence-corrected chi connectivity index (χ0v) is 21.4. The molecule has 0 fully saturated rings. The van der Waals surface area contributed by atoms with Crippen LogP contribution in [0, 0.1) is 5.82 Å². The third-order valence-corrected chi connectivity index (χ3v) is 6.08. The summed E-state index contributed by atoms with van der Waals surface area (Å²) in [6.45, 7) is 5.61. The molecule has 38 heavy (non-hydrogen) atoms. The molecular formula is C27H24ClF7N2O. The first-order valence-corrected chi connectivity index (χ1v) is 11.8. The molecule has 1 aromatic heterocycles. The molecule has 0 bridgehead atoms. The molecule has 3 aromatic rings. The summed E-state index contributed by atoms with van der Waals surface area (Å²) < 4.78 is 93.9. The lowest BCUT2D eigenvalue weighted by Crippen LogP contribution is -2.33. The van der Waals surface area contributed by atoms with Crippen LogP contribution in [0.5, 0.6) is 0 Å². The molecule has 0 saturated heterocycles. The van der Waals surface area contributed by atoms with Crippen LogP contribution in [0.4, 0.5) is 30.7 Å². The van der Waals surface area contributed by atoms with Crippen LogP contribution in [0.25, 0.3) is 0 Å². The molecular weight excluding hydrogens is 537 g/mol. The molecule has 1 amide bonds. The molecule has 0 spiro atoms. The van der Waals surface area contributed by atoms with Gasteiger partial charge in [0.25, 0.3) is 5.91 Å². The van der Waals surface area contributed by atoms with Crippen molar-refractivity contribution in [1.29, 1.82) is 0 Å². The van der Waals surface area contributed by atoms with E-state index in [2.05, 4.69) is 4.98 Å². The molecule has 0 atom stereocenters. The zero-order valence-electron chi connectivity index (χ0n) is 20.6. The van der Waals surface area contributed by atoms with Gasteiger partial charge in [0.15, 0.2) is 5.82 Å². The van der Waals surface area contributed by atoms with Gasteiger partial charge in [0.2, 0.25) is 0 Å². The van der Waals surface area contributed by atoms with Crippen molar-refractivity contribution in [2.45, 2.75) is 51.5 Å². The van der Waals surface area contributed by atoms with Gasteiger partial charge in [0, 0.05) is 25.2 Å². The number of hydrogen-bond acceptors (Lipinski definition) is 2. The highest BCUT2D eigenvalue weighted by Gasteiger charge is 2.35. The first kappa shape index (κ1) is 29.4. The molecule has 0 aliphatic carbocycles. The number of carbonyl (C=O) groups excluding carboxylic acids is 1. The van der Waals surface area contributed by atoms with Gasteiger partial charge in [-0.1, -0.05) is 62.7 Å². The lowest BCUT2D eigenvalue weighted by Gasteiger charge is -2.25. The molecule has 0 unspecified atom stereocenters. The number of carbonyl (C=O) groups is 1. The fourth-order valence-electron chi connectivity index (χ4n) is 3.69. The van der Waals surface area contributed by atoms with Crippen LogP contribution < -0.4 is 0 Å². The van der Waals surface area contributed by atoms with Crippen molar-refractivity contribution in [1.82, 2.24) is 9.88 Å². The van der Waals surface area contributed by atoms with Gasteiger partial charge >= 0.3 is 12.4 Å². The van der Waals surface area contributed by atoms with Crippen LogP contribution in [0.3, 0.4) is 0 Å². The van der Waals surface area contributed by atoms with Gasteiger partial charge in [-0.3, -0.25) is 4.79 Å². The molecule has 3 rings (SSSR count). The number of amides is 1. The first-order valence-electron chi connectivity index (χ1n) is 11.4. The Kier molecular flexibility index (Phi) is 8.45. The van der Waals surface area contributed by atoms with E-state index in [1.54, 1.807) is 12.1 Å². The Morgan fingerprint density at radius 1 is 0.895 bits per heavy atom. The molecule has 11 heteroatoms. The second-order valence-electron chi connectivity index (χ2n) is 9.75. The minimum absolute atomic E-state index is 0.00301. The highest BCUT2D eigenvalue weighted by Crippen LogP contribution is 2.34. The maximum atomic E-state index is 14.8. The van der Waals surface area contributed by atoms with Gasteiger partial charge in [0.05, 0.1) is 16.1 Å². The molecule has 204 valence electrons. The lowest BCUT2D eigenvalue weighted by molar-refractivity contribution is -0.141. The van der Waals surface area contributed by atoms with E-state index >= 15 is 0 Å². The van der Waals surface area contributed by atoms with Gasteiger partial charge in [-0.2, -0.15) is 26.3 Å². The molecule has 3 nitrogen and oxygen atoms in total. The summed E-state index contributed by atoms with van der Waals surface area (Å²) in [4.78, 5) is 18.0. The highest BCUT2D eigenvalue weighted by molar-refractivity contribution is 6.31. The van der Waals surface area contributed by atoms with Crippen LogP contribution in [0.1, 0.15) is 59.2 Å². The van der Waals surface area contributed by atoms with Crippen LogP contribution in [-0.4, -0.2) is 22.3 Å². The Hall–Kier alpha value is -3.14. The maximum Gasteiger partial charge on any atom is 0.433 e. The number of halogens is 8. The number of aromatic nitrogens is 1. The number of benzene rings is 2. The second kappa shape index (κ2) is 10.9. The van der Waals surface area contributed by atoms with E-state index < -0.39 is 45.9 Å². The standard InChI is InChI=1S/C27H24ClF7N2O/c1-25(2,3)17-9-7-16(8-10-17)15-37(12-11-19-5-4-6-22(36-19)27(33,34)35)24(38)20-13-18(26(30,31)32)14-21(28)23(20)29/h4-10,13-14H,11-12,15H2,1-3H3. The van der Waals surface area contributed by atoms with E-state index in [1.807, 2.05) is 32.9 Å². The molecule has 0 radical (unpaired) electrons. The van der Waals surface area contributed by atoms with Crippen molar-refractivity contribution in [3.05, 3.63) is 99.1 Å². The summed E-state index contributed by atoms with van der Waals surface area (Å²) in [6.07, 6.45) is -9.73. The average molecular weight is 561 g/mol. The molecule has 0 aliphatic heterocycles. The van der Waals surface area contributed by atoms with Crippen molar-refractivity contribution in [2.24, 2.45) is 0 Å². The summed E-state index contributed by atoms with van der Waals surface area (Å²) >= 11 is 5.66. The Labute approximate surface area is 220 Å². The SMILES string of the molecule is CC(C)(C)c1ccc(CN(CCc2cccc(C(F)(F)F)n2)C(=O)c2cc(C(F)(F)F)cc(Cl)c2F)cc1. The quantitative estimate of drug-likeness (QED) is 0.285. The topological polar surface area (TPSA) is 33.2 Å². The van der Waals surface area contributed by atoms with Gasteiger partial charge < -0.3 is 4.90 Å². The third-order valence-electron chi connectivity index (χ3n) is 5.80. The minimum Gasteiger partial charge on any atom is -0.334 e. The Morgan fingerprint density at radius 3 is 2.08 bits per heavy atom. The second-order valence-corrected chi connectivity index (χ2v) is 10.2. The first-order chi connectivity index (χ1) is 17.5. The van der Waals surface area contributed by atoms with Gasteiger partial charge in [0.1, 0.15) is 5.69 Å². The number of pyridine rings is 1. The maximum absolute atomic E-state index is 14.8. The predicted molar refractivity (Wildman–Crippen MR) is 129 cm³/mol. The molecule has 0 N–H and O–H groups in total. The van der Waals surface area contributed by atoms with Crippen molar-refractivity contribution < 1.29 is 35.5 Å². The largest absolute Gasteiger partial charge is 0.433 e. The molecule has 0 saturated carbocycles. The number of nitrogens with zero attached hydrogens (tertiary/aromatic N) is 2. The summed E-state index contributed by atoms with van der Waals surface area (Å²) in [6, 6.07) is 11.1. The van der Waals surface area contributed by atoms with E-state index in [4.69, 9.17) is 11.6 Å². The minimum atomic E-state index is -4.89. The Morgan fingerprint density at radius 2 is 1.53 bits per heavy atom. The van der Waals surface area contributed by atoms with Crippen LogP contribution >= 0.6 is 11.6 Å². The molecule has 1 heterocycles. The lowest BCUT2D eigenvalue weighted by atomic mass is 9.87. The highest BCUT2D eigenvalue weighted by atomic mass is 35.5. The Bertz CT molecular complexity index is 1300. The number of rotatable bonds is 6. The van der Waals surface area contributed by atoms with Crippen molar-refractivity contribution in [3.63, 3.8) is 0 Å². The van der Waals surface area contributed by atoms with E-state index in [-0.39, 0.29) is 30.6 Å². The fourth-order valence-corrected chi connectivity index (χ4v) is 3.91. The van der Waals surface area contributed by atoms with E-state index in [1.165, 1.54) is 6.07 Å². The van der Waals surface area contributed by atoms with Gasteiger partial charge in [-0.25, -0.2) is 9.37 Å². The summed E-state index contributed by atoms with van der Waals surface area (Å²) in [7, 11) is 0. The van der Waals surface area contributed by atoms with Gasteiger partial charge in [-0.05, 0) is 40.8 Å².